The molecule has 0 heterocycles. The number of ether oxygens (including phenoxy) is 2. The lowest BCUT2D eigenvalue weighted by atomic mass is 10.1. The van der Waals surface area contributed by atoms with Gasteiger partial charge in [-0.1, -0.05) is 76.0 Å². The van der Waals surface area contributed by atoms with E-state index in [0.717, 1.165) is 6.42 Å². The average Bonchev–Trinajstić information content (AvgIpc) is 2.54. The Hall–Kier alpha value is -0.740. The Balaban J connectivity index is 3.21. The van der Waals surface area contributed by atoms with E-state index in [1.165, 1.54) is 57.8 Å². The quantitative estimate of drug-likeness (QED) is 0.197. The molecule has 0 aliphatic heterocycles. The topological polar surface area (TPSA) is 47.9 Å². The molecular weight excluding hydrogens is 278 g/mol. The molecule has 0 N–H and O–H groups in total. The lowest BCUT2D eigenvalue weighted by molar-refractivity contribution is 0.0756. The third-order valence-corrected chi connectivity index (χ3v) is 3.65. The van der Waals surface area contributed by atoms with Crippen LogP contribution in [0.3, 0.4) is 0 Å². The van der Waals surface area contributed by atoms with Crippen LogP contribution in [0, 0.1) is 4.91 Å². The fourth-order valence-electron chi connectivity index (χ4n) is 2.31. The second kappa shape index (κ2) is 18.3. The molecule has 4 heteroatoms. The number of rotatable bonds is 18. The lowest BCUT2D eigenvalue weighted by Gasteiger charge is -2.09. The van der Waals surface area contributed by atoms with Crippen molar-refractivity contribution in [1.82, 2.24) is 0 Å². The van der Waals surface area contributed by atoms with Gasteiger partial charge in [-0.15, -0.1) is 6.58 Å². The zero-order valence-electron chi connectivity index (χ0n) is 14.4. The van der Waals surface area contributed by atoms with E-state index in [2.05, 4.69) is 18.7 Å². The Morgan fingerprint density at radius 2 is 1.45 bits per heavy atom. The van der Waals surface area contributed by atoms with Gasteiger partial charge in [-0.05, 0) is 6.42 Å². The summed E-state index contributed by atoms with van der Waals surface area (Å²) in [5.74, 6) is 0. The summed E-state index contributed by atoms with van der Waals surface area (Å²) in [5, 5.41) is 3.01. The van der Waals surface area contributed by atoms with Crippen molar-refractivity contribution in [3.63, 3.8) is 0 Å². The minimum Gasteiger partial charge on any atom is -0.379 e. The lowest BCUT2D eigenvalue weighted by Crippen LogP contribution is -2.20. The van der Waals surface area contributed by atoms with Crippen molar-refractivity contribution in [3.8, 4) is 0 Å². The molecule has 1 atom stereocenters. The van der Waals surface area contributed by atoms with Gasteiger partial charge in [0.05, 0.1) is 19.8 Å². The summed E-state index contributed by atoms with van der Waals surface area (Å²) in [6.45, 7) is 7.64. The first-order chi connectivity index (χ1) is 10.8. The summed E-state index contributed by atoms with van der Waals surface area (Å²) in [5.41, 5.74) is 0. The number of hydrogen-bond acceptors (Lipinski definition) is 4. The van der Waals surface area contributed by atoms with Crippen LogP contribution >= 0.6 is 0 Å². The highest BCUT2D eigenvalue weighted by atomic mass is 16.5. The van der Waals surface area contributed by atoms with Crippen LogP contribution in [0.1, 0.15) is 71.1 Å². The summed E-state index contributed by atoms with van der Waals surface area (Å²) >= 11 is 0. The number of nitrogens with zero attached hydrogens (tertiary/aromatic N) is 1. The highest BCUT2D eigenvalue weighted by molar-refractivity contribution is 4.68. The van der Waals surface area contributed by atoms with Gasteiger partial charge < -0.3 is 9.47 Å². The van der Waals surface area contributed by atoms with Gasteiger partial charge in [-0.2, -0.15) is 4.91 Å². The van der Waals surface area contributed by atoms with E-state index in [-0.39, 0.29) is 0 Å². The normalized spacial score (nSPS) is 12.2. The summed E-state index contributed by atoms with van der Waals surface area (Å²) in [7, 11) is 0. The maximum absolute atomic E-state index is 10.6. The second-order valence-corrected chi connectivity index (χ2v) is 5.84. The van der Waals surface area contributed by atoms with E-state index >= 15 is 0 Å². The zero-order chi connectivity index (χ0) is 16.3. The summed E-state index contributed by atoms with van der Waals surface area (Å²) in [6, 6.07) is -0.400. The molecule has 1 unspecified atom stereocenters. The molecular formula is C18H35NO3. The molecule has 0 aliphatic rings. The maximum atomic E-state index is 10.6. The van der Waals surface area contributed by atoms with E-state index in [1.54, 1.807) is 6.08 Å². The van der Waals surface area contributed by atoms with Gasteiger partial charge >= 0.3 is 0 Å². The first-order valence-electron chi connectivity index (χ1n) is 8.94. The maximum Gasteiger partial charge on any atom is 0.138 e. The standard InChI is InChI=1S/C18H35NO3/c1-3-5-6-7-8-9-10-11-12-13-15-22-17-18(19-20)16-21-14-4-2/h4,18H,2-3,5-17H2,1H3. The Labute approximate surface area is 136 Å². The van der Waals surface area contributed by atoms with Crippen molar-refractivity contribution in [1.29, 1.82) is 0 Å². The third-order valence-electron chi connectivity index (χ3n) is 3.65. The van der Waals surface area contributed by atoms with Gasteiger partial charge in [0.1, 0.15) is 6.04 Å². The van der Waals surface area contributed by atoms with E-state index in [4.69, 9.17) is 9.47 Å². The fourth-order valence-corrected chi connectivity index (χ4v) is 2.31. The molecule has 4 nitrogen and oxygen atoms in total. The van der Waals surface area contributed by atoms with Crippen LogP contribution in [0.15, 0.2) is 17.8 Å². The minimum absolute atomic E-state index is 0.313. The smallest absolute Gasteiger partial charge is 0.138 e. The van der Waals surface area contributed by atoms with Crippen molar-refractivity contribution in [2.45, 2.75) is 77.2 Å². The summed E-state index contributed by atoms with van der Waals surface area (Å²) in [4.78, 5) is 10.6. The molecule has 22 heavy (non-hydrogen) atoms. The van der Waals surface area contributed by atoms with Crippen LogP contribution < -0.4 is 0 Å². The molecule has 0 fully saturated rings. The van der Waals surface area contributed by atoms with E-state index in [1.807, 2.05) is 0 Å². The molecule has 0 radical (unpaired) electrons. The molecule has 0 spiro atoms. The highest BCUT2D eigenvalue weighted by Crippen LogP contribution is 2.10. The van der Waals surface area contributed by atoms with Crippen molar-refractivity contribution < 1.29 is 9.47 Å². The SMILES string of the molecule is C=CCOCC(COCCCCCCCCCCCC)N=O. The van der Waals surface area contributed by atoms with Gasteiger partial charge in [0.2, 0.25) is 0 Å². The van der Waals surface area contributed by atoms with E-state index < -0.39 is 6.04 Å². The van der Waals surface area contributed by atoms with Crippen molar-refractivity contribution in [3.05, 3.63) is 17.6 Å². The number of unbranched alkanes of at least 4 members (excludes halogenated alkanes) is 9. The number of nitroso groups, excluding NO2 is 1. The molecule has 0 aliphatic carbocycles. The predicted molar refractivity (Wildman–Crippen MR) is 93.3 cm³/mol. The Bertz CT molecular complexity index is 246. The first-order valence-corrected chi connectivity index (χ1v) is 8.94. The summed E-state index contributed by atoms with van der Waals surface area (Å²) in [6.07, 6.45) is 14.8. The molecule has 0 saturated carbocycles. The van der Waals surface area contributed by atoms with Gasteiger partial charge in [-0.3, -0.25) is 0 Å². The third kappa shape index (κ3) is 15.6. The van der Waals surface area contributed by atoms with Crippen LogP contribution in [0.5, 0.6) is 0 Å². The average molecular weight is 313 g/mol. The van der Waals surface area contributed by atoms with Crippen LogP contribution in [0.4, 0.5) is 0 Å². The number of hydrogen-bond donors (Lipinski definition) is 0. The molecule has 0 amide bonds. The van der Waals surface area contributed by atoms with Crippen LogP contribution in [-0.2, 0) is 9.47 Å². The largest absolute Gasteiger partial charge is 0.379 e. The van der Waals surface area contributed by atoms with Gasteiger partial charge in [0.25, 0.3) is 0 Å². The fraction of sp³-hybridized carbons (Fsp3) is 0.889. The Morgan fingerprint density at radius 3 is 2.00 bits per heavy atom. The zero-order valence-corrected chi connectivity index (χ0v) is 14.4. The van der Waals surface area contributed by atoms with Crippen molar-refractivity contribution in [2.24, 2.45) is 5.18 Å². The summed E-state index contributed by atoms with van der Waals surface area (Å²) < 4.78 is 10.7. The van der Waals surface area contributed by atoms with Gasteiger partial charge in [-0.25, -0.2) is 0 Å². The van der Waals surface area contributed by atoms with Crippen LogP contribution in [0.2, 0.25) is 0 Å². The highest BCUT2D eigenvalue weighted by Gasteiger charge is 2.08. The Morgan fingerprint density at radius 1 is 0.909 bits per heavy atom. The van der Waals surface area contributed by atoms with E-state index in [0.29, 0.717) is 26.4 Å². The molecule has 0 bridgehead atoms. The first kappa shape index (κ1) is 21.3. The molecule has 0 saturated heterocycles. The second-order valence-electron chi connectivity index (χ2n) is 5.84. The molecule has 0 aromatic carbocycles. The molecule has 0 aromatic rings. The van der Waals surface area contributed by atoms with Gasteiger partial charge in [0, 0.05) is 6.61 Å². The van der Waals surface area contributed by atoms with Crippen molar-refractivity contribution >= 4 is 0 Å². The van der Waals surface area contributed by atoms with Crippen molar-refractivity contribution in [2.75, 3.05) is 26.4 Å². The van der Waals surface area contributed by atoms with Gasteiger partial charge in [0.15, 0.2) is 0 Å². The molecule has 0 aromatic heterocycles. The van der Waals surface area contributed by atoms with E-state index in [9.17, 15) is 4.91 Å². The van der Waals surface area contributed by atoms with Crippen LogP contribution in [-0.4, -0.2) is 32.5 Å². The monoisotopic (exact) mass is 313 g/mol. The Kier molecular flexibility index (Phi) is 17.7. The predicted octanol–water partition coefficient (Wildman–Crippen LogP) is 5.26. The molecule has 130 valence electrons. The minimum atomic E-state index is -0.400. The van der Waals surface area contributed by atoms with Crippen LogP contribution in [0.25, 0.3) is 0 Å². The molecule has 0 rings (SSSR count).